The molecular formula is C16H25N3S. The van der Waals surface area contributed by atoms with Gasteiger partial charge in [0.05, 0.1) is 5.69 Å². The highest BCUT2D eigenvalue weighted by atomic mass is 32.1. The minimum atomic E-state index is 0.399. The van der Waals surface area contributed by atoms with Crippen LogP contribution in [0.5, 0.6) is 0 Å². The molecule has 2 aromatic rings. The number of nitrogens with zero attached hydrogens (tertiary/aromatic N) is 2. The van der Waals surface area contributed by atoms with Crippen molar-refractivity contribution < 1.29 is 0 Å². The van der Waals surface area contributed by atoms with E-state index in [1.807, 2.05) is 11.3 Å². The third kappa shape index (κ3) is 3.30. The number of thiophene rings is 1. The van der Waals surface area contributed by atoms with Crippen LogP contribution in [0.15, 0.2) is 17.5 Å². The summed E-state index contributed by atoms with van der Waals surface area (Å²) in [5.41, 5.74) is 3.91. The van der Waals surface area contributed by atoms with Gasteiger partial charge in [0.15, 0.2) is 0 Å². The van der Waals surface area contributed by atoms with E-state index < -0.39 is 0 Å². The number of rotatable bonds is 7. The first kappa shape index (κ1) is 15.3. The summed E-state index contributed by atoms with van der Waals surface area (Å²) in [6.07, 6.45) is 2.11. The van der Waals surface area contributed by atoms with Crippen LogP contribution < -0.4 is 5.32 Å². The molecule has 0 saturated carbocycles. The van der Waals surface area contributed by atoms with Crippen molar-refractivity contribution in [1.29, 1.82) is 0 Å². The molecular weight excluding hydrogens is 266 g/mol. The molecule has 20 heavy (non-hydrogen) atoms. The Balaban J connectivity index is 2.25. The van der Waals surface area contributed by atoms with Crippen LogP contribution >= 0.6 is 11.3 Å². The van der Waals surface area contributed by atoms with Crippen LogP contribution in [0.2, 0.25) is 0 Å². The van der Waals surface area contributed by atoms with E-state index in [-0.39, 0.29) is 0 Å². The number of aromatic nitrogens is 2. The Bertz CT molecular complexity index is 542. The van der Waals surface area contributed by atoms with E-state index in [0.29, 0.717) is 6.04 Å². The van der Waals surface area contributed by atoms with Gasteiger partial charge in [-0.3, -0.25) is 4.68 Å². The second-order valence-electron chi connectivity index (χ2n) is 5.07. The van der Waals surface area contributed by atoms with Gasteiger partial charge in [-0.05, 0) is 49.9 Å². The molecule has 0 bridgehead atoms. The molecule has 2 rings (SSSR count). The van der Waals surface area contributed by atoms with E-state index in [9.17, 15) is 0 Å². The maximum Gasteiger partial charge on any atom is 0.0596 e. The average Bonchev–Trinajstić information content (AvgIpc) is 3.04. The molecule has 0 aliphatic rings. The molecule has 0 spiro atoms. The van der Waals surface area contributed by atoms with Crippen LogP contribution in [0.25, 0.3) is 0 Å². The Morgan fingerprint density at radius 3 is 2.80 bits per heavy atom. The van der Waals surface area contributed by atoms with E-state index in [2.05, 4.69) is 60.3 Å². The normalized spacial score (nSPS) is 12.8. The lowest BCUT2D eigenvalue weighted by atomic mass is 10.0. The van der Waals surface area contributed by atoms with Gasteiger partial charge in [0.1, 0.15) is 0 Å². The molecule has 4 heteroatoms. The second-order valence-corrected chi connectivity index (χ2v) is 6.02. The number of hydrogen-bond acceptors (Lipinski definition) is 3. The molecule has 0 saturated heterocycles. The van der Waals surface area contributed by atoms with Gasteiger partial charge in [-0.25, -0.2) is 0 Å². The van der Waals surface area contributed by atoms with E-state index in [0.717, 1.165) is 31.6 Å². The molecule has 110 valence electrons. The third-order valence-corrected chi connectivity index (χ3v) is 4.70. The van der Waals surface area contributed by atoms with Crippen molar-refractivity contribution >= 4 is 11.3 Å². The fourth-order valence-corrected chi connectivity index (χ4v) is 3.77. The summed E-state index contributed by atoms with van der Waals surface area (Å²) >= 11 is 1.87. The van der Waals surface area contributed by atoms with E-state index in [1.165, 1.54) is 16.1 Å². The Morgan fingerprint density at radius 2 is 2.15 bits per heavy atom. The van der Waals surface area contributed by atoms with Crippen molar-refractivity contribution in [1.82, 2.24) is 15.1 Å². The van der Waals surface area contributed by atoms with Crippen molar-refractivity contribution in [2.45, 2.75) is 53.1 Å². The van der Waals surface area contributed by atoms with Crippen LogP contribution in [0.1, 0.15) is 48.6 Å². The number of likely N-dealkylation sites (N-methyl/N-ethyl adjacent to an activating group) is 1. The zero-order valence-electron chi connectivity index (χ0n) is 12.9. The summed E-state index contributed by atoms with van der Waals surface area (Å²) in [5.74, 6) is 0. The van der Waals surface area contributed by atoms with Gasteiger partial charge >= 0.3 is 0 Å². The molecule has 0 fully saturated rings. The number of nitrogens with one attached hydrogen (secondary N) is 1. The largest absolute Gasteiger partial charge is 0.309 e. The quantitative estimate of drug-likeness (QED) is 0.842. The summed E-state index contributed by atoms with van der Waals surface area (Å²) in [5, 5.41) is 10.4. The minimum Gasteiger partial charge on any atom is -0.309 e. The van der Waals surface area contributed by atoms with Crippen LogP contribution in [-0.4, -0.2) is 16.3 Å². The van der Waals surface area contributed by atoms with Gasteiger partial charge < -0.3 is 5.32 Å². The van der Waals surface area contributed by atoms with Crippen LogP contribution in [0, 0.1) is 6.92 Å². The zero-order chi connectivity index (χ0) is 14.5. The van der Waals surface area contributed by atoms with Crippen molar-refractivity contribution in [3.8, 4) is 0 Å². The number of hydrogen-bond donors (Lipinski definition) is 1. The highest BCUT2D eigenvalue weighted by Crippen LogP contribution is 2.28. The Morgan fingerprint density at radius 1 is 1.35 bits per heavy atom. The van der Waals surface area contributed by atoms with Crippen molar-refractivity contribution in [2.75, 3.05) is 6.54 Å². The van der Waals surface area contributed by atoms with E-state index >= 15 is 0 Å². The third-order valence-electron chi connectivity index (χ3n) is 3.63. The van der Waals surface area contributed by atoms with Crippen LogP contribution in [0.3, 0.4) is 0 Å². The molecule has 0 aliphatic heterocycles. The maximum atomic E-state index is 4.56. The molecule has 1 N–H and O–H groups in total. The summed E-state index contributed by atoms with van der Waals surface area (Å²) in [4.78, 5) is 1.48. The van der Waals surface area contributed by atoms with Gasteiger partial charge in [0, 0.05) is 29.6 Å². The Labute approximate surface area is 126 Å². The fourth-order valence-electron chi connectivity index (χ4n) is 2.70. The minimum absolute atomic E-state index is 0.399. The molecule has 0 aromatic carbocycles. The fraction of sp³-hybridized carbons (Fsp3) is 0.562. The molecule has 0 amide bonds. The van der Waals surface area contributed by atoms with Crippen molar-refractivity contribution in [3.63, 3.8) is 0 Å². The van der Waals surface area contributed by atoms with Gasteiger partial charge in [0.25, 0.3) is 0 Å². The summed E-state index contributed by atoms with van der Waals surface area (Å²) in [6.45, 7) is 10.6. The summed E-state index contributed by atoms with van der Waals surface area (Å²) in [7, 11) is 0. The van der Waals surface area contributed by atoms with E-state index in [4.69, 9.17) is 0 Å². The molecule has 2 aromatic heterocycles. The lowest BCUT2D eigenvalue weighted by Crippen LogP contribution is -2.24. The Hall–Kier alpha value is -1.13. The maximum absolute atomic E-state index is 4.56. The summed E-state index contributed by atoms with van der Waals surface area (Å²) in [6, 6.07) is 4.87. The lowest BCUT2D eigenvalue weighted by Gasteiger charge is -2.18. The number of aryl methyl sites for hydroxylation is 3. The van der Waals surface area contributed by atoms with Crippen molar-refractivity contribution in [2.24, 2.45) is 0 Å². The molecule has 1 atom stereocenters. The molecule has 3 nitrogen and oxygen atoms in total. The topological polar surface area (TPSA) is 29.9 Å². The van der Waals surface area contributed by atoms with Crippen molar-refractivity contribution in [3.05, 3.63) is 39.3 Å². The Kier molecular flexibility index (Phi) is 5.38. The van der Waals surface area contributed by atoms with Gasteiger partial charge in [0.2, 0.25) is 0 Å². The van der Waals surface area contributed by atoms with Crippen LogP contribution in [0.4, 0.5) is 0 Å². The highest BCUT2D eigenvalue weighted by molar-refractivity contribution is 7.10. The van der Waals surface area contributed by atoms with Gasteiger partial charge in [-0.2, -0.15) is 5.10 Å². The lowest BCUT2D eigenvalue weighted by molar-refractivity contribution is 0.520. The zero-order valence-corrected chi connectivity index (χ0v) is 13.8. The first-order valence-electron chi connectivity index (χ1n) is 7.52. The molecule has 2 heterocycles. The summed E-state index contributed by atoms with van der Waals surface area (Å²) < 4.78 is 2.12. The smallest absolute Gasteiger partial charge is 0.0596 e. The molecule has 1 unspecified atom stereocenters. The monoisotopic (exact) mass is 291 g/mol. The standard InChI is InChI=1S/C16H25N3S/c1-5-13-8-9-20-16(13)15(17-6-2)11-14-10-12(4)18-19(14)7-3/h8-10,15,17H,5-7,11H2,1-4H3. The molecule has 0 aliphatic carbocycles. The first-order chi connectivity index (χ1) is 9.69. The average molecular weight is 291 g/mol. The molecule has 0 radical (unpaired) electrons. The SMILES string of the molecule is CCNC(Cc1cc(C)nn1CC)c1sccc1CC. The predicted molar refractivity (Wildman–Crippen MR) is 86.5 cm³/mol. The highest BCUT2D eigenvalue weighted by Gasteiger charge is 2.18. The van der Waals surface area contributed by atoms with Gasteiger partial charge in [-0.15, -0.1) is 11.3 Å². The van der Waals surface area contributed by atoms with Crippen LogP contribution in [-0.2, 0) is 19.4 Å². The predicted octanol–water partition coefficient (Wildman–Crippen LogP) is 3.73. The van der Waals surface area contributed by atoms with Gasteiger partial charge in [-0.1, -0.05) is 13.8 Å². The second kappa shape index (κ2) is 7.04. The van der Waals surface area contributed by atoms with E-state index in [1.54, 1.807) is 0 Å². The first-order valence-corrected chi connectivity index (χ1v) is 8.40.